The summed E-state index contributed by atoms with van der Waals surface area (Å²) in [4.78, 5) is 10.3. The number of fused-ring (bicyclic) bond motifs is 9. The first-order valence-electron chi connectivity index (χ1n) is 13.3. The fourth-order valence-electron chi connectivity index (χ4n) is 6.10. The van der Waals surface area contributed by atoms with E-state index in [4.69, 9.17) is 9.97 Å². The lowest BCUT2D eigenvalue weighted by Crippen LogP contribution is -1.96. The molecule has 2 aromatic heterocycles. The van der Waals surface area contributed by atoms with Gasteiger partial charge in [-0.3, -0.25) is 4.98 Å². The Balaban J connectivity index is 1.39. The third-order valence-electron chi connectivity index (χ3n) is 7.90. The van der Waals surface area contributed by atoms with Gasteiger partial charge in [-0.25, -0.2) is 4.98 Å². The van der Waals surface area contributed by atoms with Crippen LogP contribution >= 0.6 is 0 Å². The molecule has 0 saturated heterocycles. The highest BCUT2D eigenvalue weighted by Gasteiger charge is 2.15. The van der Waals surface area contributed by atoms with E-state index >= 15 is 0 Å². The quantitative estimate of drug-likeness (QED) is 0.222. The summed E-state index contributed by atoms with van der Waals surface area (Å²) in [6.07, 6.45) is 1.93. The summed E-state index contributed by atoms with van der Waals surface area (Å²) in [5.41, 5.74) is 9.78. The Bertz CT molecular complexity index is 2200. The van der Waals surface area contributed by atoms with Gasteiger partial charge in [0.1, 0.15) is 0 Å². The molecule has 6 aromatic carbocycles. The topological polar surface area (TPSA) is 30.7 Å². The number of hydrogen-bond acceptors (Lipinski definition) is 2. The first-order valence-corrected chi connectivity index (χ1v) is 13.3. The minimum absolute atomic E-state index is 0.875. The molecule has 0 amide bonds. The zero-order valence-electron chi connectivity index (χ0n) is 21.8. The van der Waals surface area contributed by atoms with Gasteiger partial charge in [0.15, 0.2) is 0 Å². The Hall–Kier alpha value is -5.02. The van der Waals surface area contributed by atoms with Crippen molar-refractivity contribution in [3.05, 3.63) is 127 Å². The maximum absolute atomic E-state index is 5.27. The number of hydrogen-bond donors (Lipinski definition) is 0. The molecule has 0 spiro atoms. The van der Waals surface area contributed by atoms with Gasteiger partial charge in [0.25, 0.3) is 0 Å². The number of benzene rings is 6. The second-order valence-corrected chi connectivity index (χ2v) is 10.5. The van der Waals surface area contributed by atoms with Crippen LogP contribution in [0.4, 0.5) is 0 Å². The first-order chi connectivity index (χ1) is 19.2. The van der Waals surface area contributed by atoms with Crippen molar-refractivity contribution in [3.63, 3.8) is 0 Å². The van der Waals surface area contributed by atoms with Gasteiger partial charge in [-0.15, -0.1) is 0 Å². The summed E-state index contributed by atoms with van der Waals surface area (Å²) in [6, 6.07) is 39.1. The van der Waals surface area contributed by atoms with E-state index in [0.29, 0.717) is 0 Å². The van der Waals surface area contributed by atoms with Crippen LogP contribution in [0.1, 0.15) is 11.1 Å². The number of aryl methyl sites for hydroxylation is 2. The molecule has 0 aliphatic rings. The van der Waals surface area contributed by atoms with E-state index in [9.17, 15) is 0 Å². The average Bonchev–Trinajstić information content (AvgIpc) is 3.31. The Morgan fingerprint density at radius 2 is 1.13 bits per heavy atom. The van der Waals surface area contributed by atoms with E-state index in [2.05, 4.69) is 128 Å². The molecule has 0 aliphatic carbocycles. The van der Waals surface area contributed by atoms with Crippen LogP contribution < -0.4 is 0 Å². The molecule has 2 heterocycles. The highest BCUT2D eigenvalue weighted by molar-refractivity contribution is 6.23. The van der Waals surface area contributed by atoms with Gasteiger partial charge in [0.05, 0.1) is 34.0 Å². The summed E-state index contributed by atoms with van der Waals surface area (Å²) in [5, 5.41) is 7.25. The molecule has 8 rings (SSSR count). The van der Waals surface area contributed by atoms with Crippen LogP contribution in [0.3, 0.4) is 0 Å². The fraction of sp³-hybridized carbons (Fsp3) is 0.0556. The molecule has 3 nitrogen and oxygen atoms in total. The maximum Gasteiger partial charge on any atom is 0.0979 e. The van der Waals surface area contributed by atoms with Crippen LogP contribution in [0.2, 0.25) is 0 Å². The van der Waals surface area contributed by atoms with Gasteiger partial charge < -0.3 is 4.57 Å². The standard InChI is InChI=1S/C36H25N3/c1-22-14-16-26-27-17-15-23(2)19-31(27)36-35(30(26)18-22)37-21-32(38-36)24-8-7-9-25(20-24)39-33-12-5-3-10-28(33)29-11-4-6-13-34(29)39/h3-21H,1-2H3. The molecule has 0 radical (unpaired) electrons. The Labute approximate surface area is 226 Å². The second kappa shape index (κ2) is 8.24. The van der Waals surface area contributed by atoms with Crippen molar-refractivity contribution < 1.29 is 0 Å². The van der Waals surface area contributed by atoms with Crippen LogP contribution in [-0.4, -0.2) is 14.5 Å². The van der Waals surface area contributed by atoms with Crippen molar-refractivity contribution in [2.45, 2.75) is 13.8 Å². The third kappa shape index (κ3) is 3.30. The third-order valence-corrected chi connectivity index (χ3v) is 7.90. The van der Waals surface area contributed by atoms with Crippen molar-refractivity contribution in [3.8, 4) is 16.9 Å². The molecular formula is C36H25N3. The maximum atomic E-state index is 5.27. The van der Waals surface area contributed by atoms with Crippen molar-refractivity contribution in [1.29, 1.82) is 0 Å². The summed E-state index contributed by atoms with van der Waals surface area (Å²) >= 11 is 0. The predicted octanol–water partition coefficient (Wildman–Crippen LogP) is 9.32. The molecule has 0 fully saturated rings. The van der Waals surface area contributed by atoms with Gasteiger partial charge in [0, 0.05) is 32.8 Å². The van der Waals surface area contributed by atoms with Gasteiger partial charge >= 0.3 is 0 Å². The van der Waals surface area contributed by atoms with Gasteiger partial charge in [0.2, 0.25) is 0 Å². The fourth-order valence-corrected chi connectivity index (χ4v) is 6.10. The van der Waals surface area contributed by atoms with E-state index in [1.807, 2.05) is 6.20 Å². The Kier molecular flexibility index (Phi) is 4.65. The molecule has 0 unspecified atom stereocenters. The molecule has 0 aliphatic heterocycles. The lowest BCUT2D eigenvalue weighted by Gasteiger charge is -2.13. The molecular weight excluding hydrogens is 474 g/mol. The van der Waals surface area contributed by atoms with E-state index < -0.39 is 0 Å². The largest absolute Gasteiger partial charge is 0.309 e. The minimum Gasteiger partial charge on any atom is -0.309 e. The molecule has 184 valence electrons. The van der Waals surface area contributed by atoms with E-state index in [-0.39, 0.29) is 0 Å². The molecule has 8 aromatic rings. The van der Waals surface area contributed by atoms with E-state index in [1.165, 1.54) is 43.7 Å². The molecule has 0 bridgehead atoms. The van der Waals surface area contributed by atoms with E-state index in [1.54, 1.807) is 0 Å². The molecule has 0 N–H and O–H groups in total. The molecule has 3 heteroatoms. The average molecular weight is 500 g/mol. The van der Waals surface area contributed by atoms with Crippen LogP contribution in [0.5, 0.6) is 0 Å². The highest BCUT2D eigenvalue weighted by atomic mass is 15.0. The van der Waals surface area contributed by atoms with Crippen LogP contribution in [0, 0.1) is 13.8 Å². The number of rotatable bonds is 2. The molecule has 0 saturated carbocycles. The smallest absolute Gasteiger partial charge is 0.0979 e. The normalized spacial score (nSPS) is 11.8. The van der Waals surface area contributed by atoms with Gasteiger partial charge in [-0.05, 0) is 61.0 Å². The first kappa shape index (κ1) is 22.0. The zero-order valence-corrected chi connectivity index (χ0v) is 21.8. The van der Waals surface area contributed by atoms with Gasteiger partial charge in [-0.1, -0.05) is 83.9 Å². The number of aromatic nitrogens is 3. The highest BCUT2D eigenvalue weighted by Crippen LogP contribution is 2.36. The van der Waals surface area contributed by atoms with Crippen LogP contribution in [-0.2, 0) is 0 Å². The minimum atomic E-state index is 0.875. The number of para-hydroxylation sites is 2. The molecule has 0 atom stereocenters. The number of nitrogens with zero attached hydrogens (tertiary/aromatic N) is 3. The Morgan fingerprint density at radius 1 is 0.513 bits per heavy atom. The van der Waals surface area contributed by atoms with Crippen LogP contribution in [0.15, 0.2) is 115 Å². The predicted molar refractivity (Wildman–Crippen MR) is 164 cm³/mol. The van der Waals surface area contributed by atoms with Gasteiger partial charge in [-0.2, -0.15) is 0 Å². The molecule has 39 heavy (non-hydrogen) atoms. The summed E-state index contributed by atoms with van der Waals surface area (Å²) in [7, 11) is 0. The summed E-state index contributed by atoms with van der Waals surface area (Å²) in [6.45, 7) is 4.27. The lowest BCUT2D eigenvalue weighted by molar-refractivity contribution is 1.18. The summed E-state index contributed by atoms with van der Waals surface area (Å²) < 4.78 is 2.34. The van der Waals surface area contributed by atoms with Crippen molar-refractivity contribution >= 4 is 54.4 Å². The zero-order chi connectivity index (χ0) is 26.1. The van der Waals surface area contributed by atoms with E-state index in [0.717, 1.165) is 38.8 Å². The Morgan fingerprint density at radius 3 is 1.79 bits per heavy atom. The van der Waals surface area contributed by atoms with Crippen molar-refractivity contribution in [2.24, 2.45) is 0 Å². The van der Waals surface area contributed by atoms with Crippen LogP contribution in [0.25, 0.3) is 71.3 Å². The van der Waals surface area contributed by atoms with Crippen molar-refractivity contribution in [2.75, 3.05) is 0 Å². The second-order valence-electron chi connectivity index (χ2n) is 10.5. The lowest BCUT2D eigenvalue weighted by atomic mass is 9.97. The summed E-state index contributed by atoms with van der Waals surface area (Å²) in [5.74, 6) is 0. The monoisotopic (exact) mass is 499 g/mol. The van der Waals surface area contributed by atoms with Crippen molar-refractivity contribution in [1.82, 2.24) is 14.5 Å². The SMILES string of the molecule is Cc1ccc2c3ccc(C)cc3c3nc(-c4cccc(-n5c6ccccc6c6ccccc65)c4)cnc3c2c1.